The summed E-state index contributed by atoms with van der Waals surface area (Å²) in [5.41, 5.74) is 2.05. The van der Waals surface area contributed by atoms with Crippen LogP contribution < -0.4 is 0 Å². The number of piperidine rings is 1. The quantitative estimate of drug-likeness (QED) is 0.373. The Morgan fingerprint density at radius 2 is 1.91 bits per heavy atom. The summed E-state index contributed by atoms with van der Waals surface area (Å²) < 4.78 is 3.43. The molecule has 9 heteroatoms. The Kier molecular flexibility index (Phi) is 5.59. The van der Waals surface area contributed by atoms with E-state index in [0.717, 1.165) is 60.8 Å². The van der Waals surface area contributed by atoms with E-state index >= 15 is 0 Å². The number of carbonyl (C=O) groups is 1. The number of hydrogen-bond donors (Lipinski definition) is 0. The number of fused-ring (bicyclic) bond motifs is 1. The van der Waals surface area contributed by atoms with Gasteiger partial charge >= 0.3 is 0 Å². The van der Waals surface area contributed by atoms with Gasteiger partial charge in [-0.05, 0) is 49.9 Å². The van der Waals surface area contributed by atoms with Crippen LogP contribution in [0.5, 0.6) is 0 Å². The number of para-hydroxylation sites is 1. The normalized spacial score (nSPS) is 17.0. The van der Waals surface area contributed by atoms with Crippen molar-refractivity contribution in [2.45, 2.75) is 42.8 Å². The second kappa shape index (κ2) is 8.87. The second-order valence-electron chi connectivity index (χ2n) is 8.61. The number of nitrogens with zero attached hydrogens (tertiary/aromatic N) is 6. The van der Waals surface area contributed by atoms with Crippen LogP contribution in [-0.2, 0) is 4.79 Å². The standard InChI is InChI=1S/C24H24N6OS2/c31-21(29-12-9-16(10-13-29)23-26-19-5-1-2-6-20(19)33-23)15-32-24-28-27-22(30(24)18-7-8-18)17-4-3-11-25-14-17/h1-6,11,14,16,18H,7-10,12-13,15H2. The van der Waals surface area contributed by atoms with Gasteiger partial charge < -0.3 is 4.90 Å². The van der Waals surface area contributed by atoms with Gasteiger partial charge in [0.2, 0.25) is 5.91 Å². The molecule has 1 aliphatic heterocycles. The van der Waals surface area contributed by atoms with E-state index < -0.39 is 0 Å². The predicted octanol–water partition coefficient (Wildman–Crippen LogP) is 4.78. The number of aromatic nitrogens is 5. The van der Waals surface area contributed by atoms with Crippen molar-refractivity contribution in [2.75, 3.05) is 18.8 Å². The van der Waals surface area contributed by atoms with Crippen molar-refractivity contribution in [2.24, 2.45) is 0 Å². The van der Waals surface area contributed by atoms with E-state index in [1.165, 1.54) is 21.5 Å². The summed E-state index contributed by atoms with van der Waals surface area (Å²) in [5, 5.41) is 10.9. The molecule has 1 saturated carbocycles. The average molecular weight is 477 g/mol. The Morgan fingerprint density at radius 1 is 1.06 bits per heavy atom. The first-order chi connectivity index (χ1) is 16.3. The van der Waals surface area contributed by atoms with Gasteiger partial charge in [0.1, 0.15) is 0 Å². The third-order valence-corrected chi connectivity index (χ3v) is 8.46. The molecule has 3 aromatic heterocycles. The molecule has 0 N–H and O–H groups in total. The molecule has 1 aromatic carbocycles. The first-order valence-corrected chi connectivity index (χ1v) is 13.2. The van der Waals surface area contributed by atoms with Gasteiger partial charge in [-0.25, -0.2) is 4.98 Å². The molecule has 0 spiro atoms. The monoisotopic (exact) mass is 476 g/mol. The zero-order chi connectivity index (χ0) is 22.2. The summed E-state index contributed by atoms with van der Waals surface area (Å²) >= 11 is 3.29. The molecule has 6 rings (SSSR count). The zero-order valence-electron chi connectivity index (χ0n) is 18.1. The van der Waals surface area contributed by atoms with Crippen LogP contribution in [0, 0.1) is 0 Å². The van der Waals surface area contributed by atoms with Crippen molar-refractivity contribution in [3.05, 3.63) is 53.8 Å². The molecule has 4 aromatic rings. The SMILES string of the molecule is O=C(CSc1nnc(-c2cccnc2)n1C1CC1)N1CCC(c2nc3ccccc3s2)CC1. The Hall–Kier alpha value is -2.78. The first-order valence-electron chi connectivity index (χ1n) is 11.4. The number of amides is 1. The van der Waals surface area contributed by atoms with Crippen molar-refractivity contribution in [1.29, 1.82) is 0 Å². The molecule has 168 valence electrons. The lowest BCUT2D eigenvalue weighted by Gasteiger charge is -2.31. The van der Waals surface area contributed by atoms with Crippen molar-refractivity contribution in [1.82, 2.24) is 29.6 Å². The number of likely N-dealkylation sites (tertiary alicyclic amines) is 1. The minimum Gasteiger partial charge on any atom is -0.342 e. The summed E-state index contributed by atoms with van der Waals surface area (Å²) in [6, 6.07) is 12.7. The van der Waals surface area contributed by atoms with Gasteiger partial charge in [0, 0.05) is 43.0 Å². The largest absolute Gasteiger partial charge is 0.342 e. The molecule has 0 radical (unpaired) electrons. The van der Waals surface area contributed by atoms with Crippen LogP contribution >= 0.6 is 23.1 Å². The van der Waals surface area contributed by atoms with Crippen molar-refractivity contribution >= 4 is 39.2 Å². The topological polar surface area (TPSA) is 76.8 Å². The highest BCUT2D eigenvalue weighted by Crippen LogP contribution is 2.41. The molecule has 1 saturated heterocycles. The number of pyridine rings is 1. The zero-order valence-corrected chi connectivity index (χ0v) is 19.8. The van der Waals surface area contributed by atoms with Crippen LogP contribution in [0.15, 0.2) is 53.9 Å². The Bertz CT molecular complexity index is 1240. The van der Waals surface area contributed by atoms with Crippen molar-refractivity contribution in [3.8, 4) is 11.4 Å². The van der Waals surface area contributed by atoms with E-state index in [1.54, 1.807) is 17.5 Å². The lowest BCUT2D eigenvalue weighted by atomic mass is 9.97. The second-order valence-corrected chi connectivity index (χ2v) is 10.6. The minimum atomic E-state index is 0.177. The summed E-state index contributed by atoms with van der Waals surface area (Å²) in [4.78, 5) is 24.0. The van der Waals surface area contributed by atoms with Gasteiger partial charge in [-0.1, -0.05) is 23.9 Å². The van der Waals surface area contributed by atoms with E-state index in [1.807, 2.05) is 29.3 Å². The summed E-state index contributed by atoms with van der Waals surface area (Å²) in [5.74, 6) is 1.86. The first kappa shape index (κ1) is 20.8. The maximum Gasteiger partial charge on any atom is 0.233 e. The molecule has 2 aliphatic rings. The molecule has 33 heavy (non-hydrogen) atoms. The summed E-state index contributed by atoms with van der Waals surface area (Å²) in [7, 11) is 0. The molecular formula is C24H24N6OS2. The molecule has 1 aliphatic carbocycles. The van der Waals surface area contributed by atoms with Crippen LogP contribution in [0.4, 0.5) is 0 Å². The maximum absolute atomic E-state index is 13.0. The van der Waals surface area contributed by atoms with E-state index in [2.05, 4.69) is 37.9 Å². The molecule has 0 atom stereocenters. The summed E-state index contributed by atoms with van der Waals surface area (Å²) in [6.07, 6.45) is 7.78. The lowest BCUT2D eigenvalue weighted by Crippen LogP contribution is -2.39. The Morgan fingerprint density at radius 3 is 2.67 bits per heavy atom. The smallest absolute Gasteiger partial charge is 0.233 e. The number of hydrogen-bond acceptors (Lipinski definition) is 7. The number of carbonyl (C=O) groups excluding carboxylic acids is 1. The third kappa shape index (κ3) is 4.27. The maximum atomic E-state index is 13.0. The molecule has 4 heterocycles. The molecule has 0 unspecified atom stereocenters. The van der Waals surface area contributed by atoms with Crippen molar-refractivity contribution in [3.63, 3.8) is 0 Å². The third-order valence-electron chi connectivity index (χ3n) is 6.33. The average Bonchev–Trinajstić information content (AvgIpc) is 3.46. The van der Waals surface area contributed by atoms with Crippen LogP contribution in [0.25, 0.3) is 21.6 Å². The fraction of sp³-hybridized carbons (Fsp3) is 0.375. The van der Waals surface area contributed by atoms with Crippen LogP contribution in [0.1, 0.15) is 42.7 Å². The fourth-order valence-electron chi connectivity index (χ4n) is 4.39. The fourth-order valence-corrected chi connectivity index (χ4v) is 6.43. The van der Waals surface area contributed by atoms with Gasteiger partial charge in [0.15, 0.2) is 11.0 Å². The van der Waals surface area contributed by atoms with Gasteiger partial charge in [0.05, 0.1) is 21.0 Å². The Labute approximate surface area is 200 Å². The van der Waals surface area contributed by atoms with Gasteiger partial charge in [0.25, 0.3) is 0 Å². The summed E-state index contributed by atoms with van der Waals surface area (Å²) in [6.45, 7) is 1.58. The van der Waals surface area contributed by atoms with E-state index in [4.69, 9.17) is 4.98 Å². The number of thiazole rings is 1. The van der Waals surface area contributed by atoms with E-state index in [-0.39, 0.29) is 5.91 Å². The highest BCUT2D eigenvalue weighted by Gasteiger charge is 2.31. The number of rotatable bonds is 6. The molecule has 0 bridgehead atoms. The van der Waals surface area contributed by atoms with Gasteiger partial charge in [-0.2, -0.15) is 0 Å². The minimum absolute atomic E-state index is 0.177. The lowest BCUT2D eigenvalue weighted by molar-refractivity contribution is -0.129. The molecule has 1 amide bonds. The van der Waals surface area contributed by atoms with E-state index in [0.29, 0.717) is 17.7 Å². The molecular weight excluding hydrogens is 452 g/mol. The highest BCUT2D eigenvalue weighted by molar-refractivity contribution is 7.99. The molecule has 7 nitrogen and oxygen atoms in total. The number of thioether (sulfide) groups is 1. The Balaban J connectivity index is 1.08. The number of benzene rings is 1. The van der Waals surface area contributed by atoms with Crippen LogP contribution in [0.3, 0.4) is 0 Å². The predicted molar refractivity (Wildman–Crippen MR) is 130 cm³/mol. The van der Waals surface area contributed by atoms with Crippen molar-refractivity contribution < 1.29 is 4.79 Å². The van der Waals surface area contributed by atoms with Crippen LogP contribution in [0.2, 0.25) is 0 Å². The van der Waals surface area contributed by atoms with Gasteiger partial charge in [-0.15, -0.1) is 21.5 Å². The molecule has 2 fully saturated rings. The highest BCUT2D eigenvalue weighted by atomic mass is 32.2. The van der Waals surface area contributed by atoms with Gasteiger partial charge in [-0.3, -0.25) is 14.3 Å². The van der Waals surface area contributed by atoms with Crippen LogP contribution in [-0.4, -0.2) is 54.4 Å². The van der Waals surface area contributed by atoms with E-state index in [9.17, 15) is 4.79 Å².